The molecule has 0 aliphatic carbocycles. The van der Waals surface area contributed by atoms with E-state index >= 15 is 0 Å². The number of ether oxygens (including phenoxy) is 2. The lowest BCUT2D eigenvalue weighted by Crippen LogP contribution is -2.13. The van der Waals surface area contributed by atoms with Crippen LogP contribution in [0.15, 0.2) is 48.5 Å². The molecule has 0 spiro atoms. The fourth-order valence-corrected chi connectivity index (χ4v) is 2.20. The molecule has 0 aliphatic heterocycles. The fraction of sp³-hybridized carbons (Fsp3) is 0.294. The minimum atomic E-state index is 0.178. The third kappa shape index (κ3) is 5.05. The molecule has 4 heteroatoms. The Morgan fingerprint density at radius 2 is 1.86 bits per heavy atom. The Labute approximate surface area is 130 Å². The molecule has 112 valence electrons. The van der Waals surface area contributed by atoms with Gasteiger partial charge in [-0.15, -0.1) is 0 Å². The normalized spacial score (nSPS) is 10.6. The number of hydrogen-bond acceptors (Lipinski definition) is 3. The summed E-state index contributed by atoms with van der Waals surface area (Å²) in [5, 5.41) is 3.87. The molecule has 2 rings (SSSR count). The van der Waals surface area contributed by atoms with Crippen LogP contribution in [0, 0.1) is 0 Å². The van der Waals surface area contributed by atoms with E-state index in [-0.39, 0.29) is 6.79 Å². The number of benzene rings is 2. The molecule has 2 aromatic carbocycles. The molecule has 0 aliphatic rings. The van der Waals surface area contributed by atoms with E-state index in [4.69, 9.17) is 21.1 Å². The summed E-state index contributed by atoms with van der Waals surface area (Å²) in [6.45, 7) is 4.39. The van der Waals surface area contributed by atoms with Gasteiger partial charge in [0.15, 0.2) is 6.79 Å². The molecule has 0 saturated heterocycles. The highest BCUT2D eigenvalue weighted by atomic mass is 35.5. The lowest BCUT2D eigenvalue weighted by Gasteiger charge is -2.13. The smallest absolute Gasteiger partial charge is 0.189 e. The van der Waals surface area contributed by atoms with E-state index in [1.54, 1.807) is 0 Å². The molecule has 0 aromatic heterocycles. The van der Waals surface area contributed by atoms with Crippen molar-refractivity contribution in [1.29, 1.82) is 0 Å². The number of halogens is 1. The van der Waals surface area contributed by atoms with Gasteiger partial charge >= 0.3 is 0 Å². The van der Waals surface area contributed by atoms with Crippen molar-refractivity contribution in [2.75, 3.05) is 13.3 Å². The van der Waals surface area contributed by atoms with E-state index in [1.165, 1.54) is 0 Å². The van der Waals surface area contributed by atoms with Crippen LogP contribution in [0.1, 0.15) is 18.1 Å². The van der Waals surface area contributed by atoms with Gasteiger partial charge in [-0.2, -0.15) is 0 Å². The van der Waals surface area contributed by atoms with Crippen molar-refractivity contribution < 1.29 is 9.47 Å². The molecule has 0 fully saturated rings. The van der Waals surface area contributed by atoms with E-state index in [1.807, 2.05) is 48.5 Å². The van der Waals surface area contributed by atoms with Crippen molar-refractivity contribution in [3.63, 3.8) is 0 Å². The molecule has 2 aromatic rings. The molecule has 1 N–H and O–H groups in total. The molecule has 0 unspecified atom stereocenters. The highest BCUT2D eigenvalue weighted by Gasteiger charge is 2.08. The van der Waals surface area contributed by atoms with Crippen LogP contribution in [0.2, 0.25) is 5.02 Å². The molecule has 0 amide bonds. The van der Waals surface area contributed by atoms with Crippen molar-refractivity contribution in [1.82, 2.24) is 5.32 Å². The van der Waals surface area contributed by atoms with Gasteiger partial charge in [0, 0.05) is 12.1 Å². The van der Waals surface area contributed by atoms with E-state index in [0.29, 0.717) is 17.4 Å². The Balaban J connectivity index is 1.87. The lowest BCUT2D eigenvalue weighted by atomic mass is 10.2. The summed E-state index contributed by atoms with van der Waals surface area (Å²) in [7, 11) is 0. The van der Waals surface area contributed by atoms with Crippen LogP contribution < -0.4 is 10.1 Å². The molecule has 21 heavy (non-hydrogen) atoms. The first-order chi connectivity index (χ1) is 10.3. The zero-order valence-electron chi connectivity index (χ0n) is 12.1. The summed E-state index contributed by atoms with van der Waals surface area (Å²) in [6.07, 6.45) is 0. The van der Waals surface area contributed by atoms with Gasteiger partial charge in [0.25, 0.3) is 0 Å². The Bertz CT molecular complexity index is 546. The Hall–Kier alpha value is -1.55. The third-order valence-electron chi connectivity index (χ3n) is 3.01. The first kappa shape index (κ1) is 15.8. The second kappa shape index (κ2) is 8.67. The molecular formula is C17H20ClNO2. The molecule has 0 radical (unpaired) electrons. The van der Waals surface area contributed by atoms with Crippen LogP contribution in [-0.2, 0) is 17.9 Å². The van der Waals surface area contributed by atoms with Gasteiger partial charge in [-0.1, -0.05) is 61.0 Å². The van der Waals surface area contributed by atoms with Gasteiger partial charge in [0.05, 0.1) is 11.6 Å². The third-order valence-corrected chi connectivity index (χ3v) is 3.31. The largest absolute Gasteiger partial charge is 0.466 e. The zero-order valence-corrected chi connectivity index (χ0v) is 12.9. The molecule has 0 saturated carbocycles. The quantitative estimate of drug-likeness (QED) is 0.590. The molecular weight excluding hydrogens is 286 g/mol. The SMILES string of the molecule is CCNCc1cccc(Cl)c1OCOCc1ccccc1. The van der Waals surface area contributed by atoms with Crippen LogP contribution in [0.5, 0.6) is 5.75 Å². The summed E-state index contributed by atoms with van der Waals surface area (Å²) in [6, 6.07) is 15.7. The monoisotopic (exact) mass is 305 g/mol. The second-order valence-corrected chi connectivity index (χ2v) is 5.01. The van der Waals surface area contributed by atoms with Crippen LogP contribution in [-0.4, -0.2) is 13.3 Å². The van der Waals surface area contributed by atoms with E-state index in [0.717, 1.165) is 24.2 Å². The van der Waals surface area contributed by atoms with E-state index in [2.05, 4.69) is 12.2 Å². The van der Waals surface area contributed by atoms with Gasteiger partial charge < -0.3 is 14.8 Å². The first-order valence-electron chi connectivity index (χ1n) is 7.04. The Morgan fingerprint density at radius 3 is 2.62 bits per heavy atom. The Kier molecular flexibility index (Phi) is 6.54. The van der Waals surface area contributed by atoms with Crippen LogP contribution in [0.25, 0.3) is 0 Å². The highest BCUT2D eigenvalue weighted by Crippen LogP contribution is 2.28. The van der Waals surface area contributed by atoms with Crippen LogP contribution in [0.4, 0.5) is 0 Å². The average Bonchev–Trinajstić information content (AvgIpc) is 2.52. The van der Waals surface area contributed by atoms with Gasteiger partial charge in [-0.25, -0.2) is 0 Å². The number of para-hydroxylation sites is 1. The summed E-state index contributed by atoms with van der Waals surface area (Å²) in [5.74, 6) is 0.688. The molecule has 0 atom stereocenters. The summed E-state index contributed by atoms with van der Waals surface area (Å²) in [5.41, 5.74) is 2.15. The second-order valence-electron chi connectivity index (χ2n) is 4.60. The van der Waals surface area contributed by atoms with Crippen LogP contribution in [0.3, 0.4) is 0 Å². The molecule has 0 bridgehead atoms. The maximum Gasteiger partial charge on any atom is 0.189 e. The van der Waals surface area contributed by atoms with E-state index < -0.39 is 0 Å². The lowest BCUT2D eigenvalue weighted by molar-refractivity contribution is 0.00455. The molecule has 3 nitrogen and oxygen atoms in total. The highest BCUT2D eigenvalue weighted by molar-refractivity contribution is 6.32. The maximum atomic E-state index is 6.20. The molecule has 0 heterocycles. The zero-order chi connectivity index (χ0) is 14.9. The van der Waals surface area contributed by atoms with Gasteiger partial charge in [-0.05, 0) is 18.2 Å². The van der Waals surface area contributed by atoms with Crippen molar-refractivity contribution in [3.05, 3.63) is 64.7 Å². The van der Waals surface area contributed by atoms with E-state index in [9.17, 15) is 0 Å². The minimum absolute atomic E-state index is 0.178. The minimum Gasteiger partial charge on any atom is -0.466 e. The van der Waals surface area contributed by atoms with Gasteiger partial charge in [-0.3, -0.25) is 0 Å². The van der Waals surface area contributed by atoms with Crippen LogP contribution >= 0.6 is 11.6 Å². The average molecular weight is 306 g/mol. The summed E-state index contributed by atoms with van der Waals surface area (Å²) < 4.78 is 11.2. The van der Waals surface area contributed by atoms with Crippen molar-refractivity contribution >= 4 is 11.6 Å². The van der Waals surface area contributed by atoms with Gasteiger partial charge in [0.1, 0.15) is 5.75 Å². The van der Waals surface area contributed by atoms with Crippen molar-refractivity contribution in [3.8, 4) is 5.75 Å². The van der Waals surface area contributed by atoms with Crippen molar-refractivity contribution in [2.45, 2.75) is 20.1 Å². The van der Waals surface area contributed by atoms with Crippen molar-refractivity contribution in [2.24, 2.45) is 0 Å². The predicted molar refractivity (Wildman–Crippen MR) is 85.6 cm³/mol. The standard InChI is InChI=1S/C17H20ClNO2/c1-2-19-11-15-9-6-10-16(18)17(15)21-13-20-12-14-7-4-3-5-8-14/h3-10,19H,2,11-13H2,1H3. The first-order valence-corrected chi connectivity index (χ1v) is 7.41. The Morgan fingerprint density at radius 1 is 1.05 bits per heavy atom. The number of rotatable bonds is 8. The fourth-order valence-electron chi connectivity index (χ4n) is 1.95. The van der Waals surface area contributed by atoms with Gasteiger partial charge in [0.2, 0.25) is 0 Å². The predicted octanol–water partition coefficient (Wildman–Crippen LogP) is 4.00. The number of nitrogens with one attached hydrogen (secondary N) is 1. The summed E-state index contributed by atoms with van der Waals surface area (Å²) >= 11 is 6.20. The summed E-state index contributed by atoms with van der Waals surface area (Å²) in [4.78, 5) is 0. The number of hydrogen-bond donors (Lipinski definition) is 1. The topological polar surface area (TPSA) is 30.5 Å². The maximum absolute atomic E-state index is 6.20.